The molecule has 5 N–H and O–H groups in total. The lowest BCUT2D eigenvalue weighted by atomic mass is 10.2. The Balaban J connectivity index is 2.95. The second-order valence-electron chi connectivity index (χ2n) is 4.09. The number of ether oxygens (including phenoxy) is 2. The second kappa shape index (κ2) is 7.13. The van der Waals surface area contributed by atoms with E-state index >= 15 is 0 Å². The van der Waals surface area contributed by atoms with Crippen LogP contribution in [0, 0.1) is 0 Å². The van der Waals surface area contributed by atoms with Crippen LogP contribution in [0.2, 0.25) is 0 Å². The Labute approximate surface area is 121 Å². The monoisotopic (exact) mass is 295 g/mol. The molecule has 0 fully saturated rings. The number of anilines is 1. The predicted molar refractivity (Wildman–Crippen MR) is 74.6 cm³/mol. The van der Waals surface area contributed by atoms with Crippen molar-refractivity contribution >= 4 is 23.6 Å². The smallest absolute Gasteiger partial charge is 0.341 e. The number of nitrogens with one attached hydrogen (secondary N) is 1. The molecule has 0 saturated carbocycles. The fourth-order valence-electron chi connectivity index (χ4n) is 1.48. The van der Waals surface area contributed by atoms with E-state index in [0.717, 1.165) is 0 Å². The molecule has 8 heteroatoms. The first-order chi connectivity index (χ1) is 9.85. The van der Waals surface area contributed by atoms with Crippen LogP contribution in [0.4, 0.5) is 10.5 Å². The lowest BCUT2D eigenvalue weighted by Gasteiger charge is -2.16. The van der Waals surface area contributed by atoms with Crippen LogP contribution in [0.25, 0.3) is 0 Å². The van der Waals surface area contributed by atoms with Crippen LogP contribution in [-0.2, 0) is 9.53 Å². The van der Waals surface area contributed by atoms with Crippen molar-refractivity contribution in [2.45, 2.75) is 20.0 Å². The number of primary amides is 1. The Bertz CT molecular complexity index is 559. The first-order valence-electron chi connectivity index (χ1n) is 6.18. The van der Waals surface area contributed by atoms with Gasteiger partial charge in [-0.1, -0.05) is 0 Å². The van der Waals surface area contributed by atoms with Crippen molar-refractivity contribution < 1.29 is 23.9 Å². The maximum atomic E-state index is 11.8. The van der Waals surface area contributed by atoms with E-state index in [4.69, 9.17) is 20.9 Å². The molecule has 3 amide bonds. The van der Waals surface area contributed by atoms with Gasteiger partial charge in [-0.3, -0.25) is 10.1 Å². The van der Waals surface area contributed by atoms with E-state index in [1.165, 1.54) is 25.1 Å². The van der Waals surface area contributed by atoms with Gasteiger partial charge in [0.2, 0.25) is 0 Å². The number of hydrogen-bond acceptors (Lipinski definition) is 6. The summed E-state index contributed by atoms with van der Waals surface area (Å²) in [6, 6.07) is 3.34. The minimum atomic E-state index is -1.05. The zero-order valence-electron chi connectivity index (χ0n) is 11.7. The van der Waals surface area contributed by atoms with Crippen LogP contribution in [-0.4, -0.2) is 30.6 Å². The molecule has 1 aromatic carbocycles. The zero-order chi connectivity index (χ0) is 16.0. The van der Waals surface area contributed by atoms with E-state index in [1.54, 1.807) is 6.92 Å². The first-order valence-corrected chi connectivity index (χ1v) is 6.18. The Morgan fingerprint density at radius 2 is 2.00 bits per heavy atom. The standard InChI is InChI=1S/C13H17N3O5/c1-3-20-12(18)9-5-4-8(14)6-10(9)21-7(2)11(17)16-13(15)19/h4-7H,3,14H2,1-2H3,(H3,15,16,17,19). The maximum absolute atomic E-state index is 11.8. The van der Waals surface area contributed by atoms with E-state index in [0.29, 0.717) is 5.69 Å². The highest BCUT2D eigenvalue weighted by Gasteiger charge is 2.20. The second-order valence-corrected chi connectivity index (χ2v) is 4.09. The molecule has 1 unspecified atom stereocenters. The van der Waals surface area contributed by atoms with Gasteiger partial charge in [0, 0.05) is 11.8 Å². The lowest BCUT2D eigenvalue weighted by molar-refractivity contribution is -0.126. The molecule has 0 saturated heterocycles. The molecule has 0 spiro atoms. The van der Waals surface area contributed by atoms with Crippen LogP contribution in [0.3, 0.4) is 0 Å². The highest BCUT2D eigenvalue weighted by atomic mass is 16.5. The molecular formula is C13H17N3O5. The fourth-order valence-corrected chi connectivity index (χ4v) is 1.48. The summed E-state index contributed by atoms with van der Waals surface area (Å²) in [6.07, 6.45) is -1.05. The van der Waals surface area contributed by atoms with Crippen molar-refractivity contribution in [1.82, 2.24) is 5.32 Å². The maximum Gasteiger partial charge on any atom is 0.341 e. The number of benzene rings is 1. The van der Waals surface area contributed by atoms with Crippen LogP contribution >= 0.6 is 0 Å². The van der Waals surface area contributed by atoms with Crippen LogP contribution in [0.1, 0.15) is 24.2 Å². The quantitative estimate of drug-likeness (QED) is 0.532. The fraction of sp³-hybridized carbons (Fsp3) is 0.308. The molecule has 1 aromatic rings. The summed E-state index contributed by atoms with van der Waals surface area (Å²) < 4.78 is 10.2. The summed E-state index contributed by atoms with van der Waals surface area (Å²) in [4.78, 5) is 34.0. The minimum Gasteiger partial charge on any atom is -0.480 e. The zero-order valence-corrected chi connectivity index (χ0v) is 11.7. The van der Waals surface area contributed by atoms with E-state index in [9.17, 15) is 14.4 Å². The van der Waals surface area contributed by atoms with E-state index in [1.807, 2.05) is 5.32 Å². The van der Waals surface area contributed by atoms with Gasteiger partial charge in [0.1, 0.15) is 11.3 Å². The number of esters is 1. The van der Waals surface area contributed by atoms with Gasteiger partial charge in [-0.2, -0.15) is 0 Å². The molecule has 0 radical (unpaired) electrons. The largest absolute Gasteiger partial charge is 0.480 e. The van der Waals surface area contributed by atoms with Gasteiger partial charge >= 0.3 is 12.0 Å². The van der Waals surface area contributed by atoms with E-state index < -0.39 is 24.0 Å². The molecule has 21 heavy (non-hydrogen) atoms. The molecule has 1 atom stereocenters. The molecule has 8 nitrogen and oxygen atoms in total. The van der Waals surface area contributed by atoms with Crippen LogP contribution in [0.5, 0.6) is 5.75 Å². The van der Waals surface area contributed by atoms with Crippen LogP contribution in [0.15, 0.2) is 18.2 Å². The molecule has 0 aliphatic heterocycles. The summed E-state index contributed by atoms with van der Waals surface area (Å²) in [5.74, 6) is -1.25. The van der Waals surface area contributed by atoms with Gasteiger partial charge in [0.05, 0.1) is 6.61 Å². The Morgan fingerprint density at radius 3 is 2.57 bits per heavy atom. The third-order valence-electron chi connectivity index (χ3n) is 2.42. The van der Waals surface area contributed by atoms with Crippen molar-refractivity contribution in [2.24, 2.45) is 5.73 Å². The van der Waals surface area contributed by atoms with Crippen molar-refractivity contribution in [2.75, 3.05) is 12.3 Å². The normalized spacial score (nSPS) is 11.3. The van der Waals surface area contributed by atoms with E-state index in [-0.39, 0.29) is 17.9 Å². The number of carbonyl (C=O) groups is 3. The summed E-state index contributed by atoms with van der Waals surface area (Å²) >= 11 is 0. The topological polar surface area (TPSA) is 134 Å². The number of hydrogen-bond donors (Lipinski definition) is 3. The third-order valence-corrected chi connectivity index (χ3v) is 2.42. The van der Waals surface area contributed by atoms with Crippen molar-refractivity contribution in [1.29, 1.82) is 0 Å². The van der Waals surface area contributed by atoms with E-state index in [2.05, 4.69) is 0 Å². The molecule has 0 aliphatic carbocycles. The van der Waals surface area contributed by atoms with Crippen molar-refractivity contribution in [3.8, 4) is 5.75 Å². The third kappa shape index (κ3) is 4.68. The van der Waals surface area contributed by atoms with Gasteiger partial charge in [0.15, 0.2) is 6.10 Å². The molecule has 0 bridgehead atoms. The van der Waals surface area contributed by atoms with Gasteiger partial charge in [-0.05, 0) is 26.0 Å². The SMILES string of the molecule is CCOC(=O)c1ccc(N)cc1OC(C)C(=O)NC(N)=O. The number of urea groups is 1. The number of carbonyl (C=O) groups excluding carboxylic acids is 3. The number of rotatable bonds is 5. The highest BCUT2D eigenvalue weighted by Crippen LogP contribution is 2.24. The highest BCUT2D eigenvalue weighted by molar-refractivity contribution is 5.96. The predicted octanol–water partition coefficient (Wildman–Crippen LogP) is 0.408. The summed E-state index contributed by atoms with van der Waals surface area (Å²) in [6.45, 7) is 3.26. The lowest BCUT2D eigenvalue weighted by Crippen LogP contribution is -2.42. The van der Waals surface area contributed by atoms with Crippen molar-refractivity contribution in [3.05, 3.63) is 23.8 Å². The average molecular weight is 295 g/mol. The average Bonchev–Trinajstić information content (AvgIpc) is 2.38. The van der Waals surface area contributed by atoms with Crippen LogP contribution < -0.4 is 21.5 Å². The summed E-state index contributed by atoms with van der Waals surface area (Å²) in [7, 11) is 0. The molecule has 0 heterocycles. The van der Waals surface area contributed by atoms with Gasteiger partial charge in [-0.15, -0.1) is 0 Å². The van der Waals surface area contributed by atoms with Gasteiger partial charge < -0.3 is 20.9 Å². The minimum absolute atomic E-state index is 0.0839. The number of nitrogens with two attached hydrogens (primary N) is 2. The molecule has 114 valence electrons. The molecule has 1 rings (SSSR count). The van der Waals surface area contributed by atoms with Gasteiger partial charge in [0.25, 0.3) is 5.91 Å². The number of imide groups is 1. The Morgan fingerprint density at radius 1 is 1.33 bits per heavy atom. The Kier molecular flexibility index (Phi) is 5.53. The number of nitrogen functional groups attached to an aromatic ring is 1. The molecule has 0 aliphatic rings. The Hall–Kier alpha value is -2.77. The number of amides is 3. The summed E-state index contributed by atoms with van der Waals surface area (Å²) in [5, 5.41) is 1.88. The molecular weight excluding hydrogens is 278 g/mol. The first kappa shape index (κ1) is 16.3. The van der Waals surface area contributed by atoms with Crippen molar-refractivity contribution in [3.63, 3.8) is 0 Å². The summed E-state index contributed by atoms with van der Waals surface area (Å²) in [5.41, 5.74) is 11.0. The molecule has 0 aromatic heterocycles. The van der Waals surface area contributed by atoms with Gasteiger partial charge in [-0.25, -0.2) is 9.59 Å².